The van der Waals surface area contributed by atoms with E-state index in [9.17, 15) is 19.6 Å². The van der Waals surface area contributed by atoms with E-state index in [2.05, 4.69) is 22.6 Å². The molecule has 2 rings (SSSR count). The number of carbonyl (C=O) groups excluding carboxylic acids is 3. The van der Waals surface area contributed by atoms with E-state index < -0.39 is 17.7 Å². The summed E-state index contributed by atoms with van der Waals surface area (Å²) in [6.07, 6.45) is 1.32. The quantitative estimate of drug-likeness (QED) is 0.209. The zero-order valence-electron chi connectivity index (χ0n) is 16.8. The van der Waals surface area contributed by atoms with Crippen molar-refractivity contribution in [1.29, 1.82) is 5.26 Å². The summed E-state index contributed by atoms with van der Waals surface area (Å²) in [6, 6.07) is 9.30. The Labute approximate surface area is 192 Å². The SMILES string of the molecule is CCOC(=O)c1sc(CC(=O)C(C#N)=Cc2ccc(I)cc2)c(C(=O)OCC)c1C. The highest BCUT2D eigenvalue weighted by atomic mass is 127. The summed E-state index contributed by atoms with van der Waals surface area (Å²) >= 11 is 3.19. The fourth-order valence-electron chi connectivity index (χ4n) is 2.70. The summed E-state index contributed by atoms with van der Waals surface area (Å²) in [5.41, 5.74) is 1.29. The van der Waals surface area contributed by atoms with E-state index in [0.717, 1.165) is 20.5 Å². The Balaban J connectivity index is 2.41. The van der Waals surface area contributed by atoms with E-state index in [-0.39, 0.29) is 35.6 Å². The molecule has 0 amide bonds. The molecular weight excluding hydrogens is 517 g/mol. The lowest BCUT2D eigenvalue weighted by molar-refractivity contribution is -0.114. The van der Waals surface area contributed by atoms with E-state index in [1.807, 2.05) is 30.3 Å². The predicted octanol–water partition coefficient (Wildman–Crippen LogP) is 4.73. The second-order valence-corrected chi connectivity index (χ2v) is 8.47. The van der Waals surface area contributed by atoms with Crippen molar-refractivity contribution in [2.24, 2.45) is 0 Å². The zero-order chi connectivity index (χ0) is 22.3. The maximum Gasteiger partial charge on any atom is 0.348 e. The van der Waals surface area contributed by atoms with Gasteiger partial charge in [-0.15, -0.1) is 11.3 Å². The number of benzene rings is 1. The highest BCUT2D eigenvalue weighted by Crippen LogP contribution is 2.31. The first-order chi connectivity index (χ1) is 14.3. The summed E-state index contributed by atoms with van der Waals surface area (Å²) in [6.45, 7) is 5.33. The number of Topliss-reactive ketones (excluding diaryl/α,β-unsaturated/α-hetero) is 1. The molecule has 0 aliphatic carbocycles. The molecule has 0 N–H and O–H groups in total. The van der Waals surface area contributed by atoms with Crippen LogP contribution in [0, 0.1) is 21.8 Å². The molecule has 1 heterocycles. The van der Waals surface area contributed by atoms with Crippen LogP contribution in [0.25, 0.3) is 6.08 Å². The van der Waals surface area contributed by atoms with Crippen molar-refractivity contribution in [2.45, 2.75) is 27.2 Å². The molecule has 0 spiro atoms. The average molecular weight is 537 g/mol. The summed E-state index contributed by atoms with van der Waals surface area (Å²) < 4.78 is 11.2. The molecule has 0 radical (unpaired) electrons. The number of allylic oxidation sites excluding steroid dienone is 1. The number of esters is 2. The molecule has 0 unspecified atom stereocenters. The number of ether oxygens (including phenoxy) is 2. The molecule has 0 aliphatic heterocycles. The molecule has 0 saturated carbocycles. The largest absolute Gasteiger partial charge is 0.462 e. The van der Waals surface area contributed by atoms with Crippen LogP contribution in [0.4, 0.5) is 0 Å². The number of hydrogen-bond donors (Lipinski definition) is 0. The number of nitriles is 1. The van der Waals surface area contributed by atoms with Crippen LogP contribution in [0.1, 0.15) is 49.9 Å². The van der Waals surface area contributed by atoms with Crippen LogP contribution < -0.4 is 0 Å². The number of carbonyl (C=O) groups is 3. The Bertz CT molecular complexity index is 1030. The number of halogens is 1. The van der Waals surface area contributed by atoms with Gasteiger partial charge in [-0.05, 0) is 72.7 Å². The second kappa shape index (κ2) is 11.0. The van der Waals surface area contributed by atoms with Crippen LogP contribution in [-0.2, 0) is 20.7 Å². The van der Waals surface area contributed by atoms with Crippen LogP contribution in [0.2, 0.25) is 0 Å². The van der Waals surface area contributed by atoms with Crippen LogP contribution >= 0.6 is 33.9 Å². The number of hydrogen-bond acceptors (Lipinski definition) is 7. The third kappa shape index (κ3) is 5.77. The normalized spacial score (nSPS) is 11.0. The number of rotatable bonds is 8. The minimum Gasteiger partial charge on any atom is -0.462 e. The second-order valence-electron chi connectivity index (χ2n) is 6.12. The highest BCUT2D eigenvalue weighted by molar-refractivity contribution is 14.1. The number of ketones is 1. The first kappa shape index (κ1) is 23.8. The lowest BCUT2D eigenvalue weighted by Crippen LogP contribution is -2.12. The van der Waals surface area contributed by atoms with E-state index in [0.29, 0.717) is 10.4 Å². The zero-order valence-corrected chi connectivity index (χ0v) is 19.8. The molecule has 0 aliphatic rings. The molecular formula is C22H20INO5S. The smallest absolute Gasteiger partial charge is 0.348 e. The first-order valence-electron chi connectivity index (χ1n) is 9.19. The van der Waals surface area contributed by atoms with Crippen LogP contribution in [-0.4, -0.2) is 30.9 Å². The monoisotopic (exact) mass is 537 g/mol. The van der Waals surface area contributed by atoms with Gasteiger partial charge in [0.1, 0.15) is 10.9 Å². The summed E-state index contributed by atoms with van der Waals surface area (Å²) in [4.78, 5) is 38.1. The minimum atomic E-state index is -0.607. The van der Waals surface area contributed by atoms with Crippen molar-refractivity contribution in [3.63, 3.8) is 0 Å². The van der Waals surface area contributed by atoms with Crippen LogP contribution in [0.5, 0.6) is 0 Å². The van der Waals surface area contributed by atoms with E-state index in [1.165, 1.54) is 6.08 Å². The molecule has 30 heavy (non-hydrogen) atoms. The molecule has 6 nitrogen and oxygen atoms in total. The van der Waals surface area contributed by atoms with Gasteiger partial charge in [0.25, 0.3) is 0 Å². The molecule has 0 saturated heterocycles. The van der Waals surface area contributed by atoms with Crippen molar-refractivity contribution >= 4 is 57.7 Å². The first-order valence-corrected chi connectivity index (χ1v) is 11.1. The van der Waals surface area contributed by atoms with Gasteiger partial charge in [0.2, 0.25) is 0 Å². The molecule has 1 aromatic carbocycles. The van der Waals surface area contributed by atoms with Gasteiger partial charge in [-0.25, -0.2) is 9.59 Å². The maximum absolute atomic E-state index is 12.8. The number of thiophene rings is 1. The van der Waals surface area contributed by atoms with Gasteiger partial charge in [-0.2, -0.15) is 5.26 Å². The minimum absolute atomic E-state index is 0.0326. The third-order valence-electron chi connectivity index (χ3n) is 4.08. The van der Waals surface area contributed by atoms with Crippen molar-refractivity contribution in [3.8, 4) is 6.07 Å². The van der Waals surface area contributed by atoms with E-state index >= 15 is 0 Å². The summed E-state index contributed by atoms with van der Waals surface area (Å²) in [5, 5.41) is 9.47. The fourth-order valence-corrected chi connectivity index (χ4v) is 4.25. The topological polar surface area (TPSA) is 93.5 Å². The van der Waals surface area contributed by atoms with Crippen molar-refractivity contribution in [3.05, 3.63) is 59.9 Å². The van der Waals surface area contributed by atoms with Crippen molar-refractivity contribution in [1.82, 2.24) is 0 Å². The molecule has 2 aromatic rings. The Hall–Kier alpha value is -2.51. The predicted molar refractivity (Wildman–Crippen MR) is 122 cm³/mol. The summed E-state index contributed by atoms with van der Waals surface area (Å²) in [5.74, 6) is -1.61. The van der Waals surface area contributed by atoms with Crippen LogP contribution in [0.15, 0.2) is 29.8 Å². The standard InChI is InChI=1S/C22H20INO5S/c1-4-28-21(26)19-13(3)20(22(27)29-5-2)30-18(19)11-17(25)15(12-24)10-14-6-8-16(23)9-7-14/h6-10H,4-5,11H2,1-3H3. The third-order valence-corrected chi connectivity index (χ3v) is 6.07. The molecule has 0 fully saturated rings. The van der Waals surface area contributed by atoms with E-state index in [1.54, 1.807) is 20.8 Å². The van der Waals surface area contributed by atoms with Gasteiger partial charge in [-0.3, -0.25) is 4.79 Å². The van der Waals surface area contributed by atoms with Crippen molar-refractivity contribution in [2.75, 3.05) is 13.2 Å². The lowest BCUT2D eigenvalue weighted by atomic mass is 10.0. The van der Waals surface area contributed by atoms with Crippen molar-refractivity contribution < 1.29 is 23.9 Å². The Morgan fingerprint density at radius 2 is 1.70 bits per heavy atom. The fraction of sp³-hybridized carbons (Fsp3) is 0.273. The average Bonchev–Trinajstić information content (AvgIpc) is 3.03. The van der Waals surface area contributed by atoms with Gasteiger partial charge in [0.05, 0.1) is 24.4 Å². The molecule has 1 aromatic heterocycles. The Morgan fingerprint density at radius 1 is 1.10 bits per heavy atom. The highest BCUT2D eigenvalue weighted by Gasteiger charge is 2.27. The van der Waals surface area contributed by atoms with Gasteiger partial charge >= 0.3 is 11.9 Å². The maximum atomic E-state index is 12.8. The Kier molecular flexibility index (Phi) is 8.74. The van der Waals surface area contributed by atoms with Gasteiger partial charge in [-0.1, -0.05) is 12.1 Å². The van der Waals surface area contributed by atoms with Gasteiger partial charge in [0.15, 0.2) is 5.78 Å². The molecule has 0 bridgehead atoms. The van der Waals surface area contributed by atoms with Gasteiger partial charge < -0.3 is 9.47 Å². The summed E-state index contributed by atoms with van der Waals surface area (Å²) in [7, 11) is 0. The molecule has 8 heteroatoms. The molecule has 0 atom stereocenters. The van der Waals surface area contributed by atoms with Crippen LogP contribution in [0.3, 0.4) is 0 Å². The number of nitrogens with zero attached hydrogens (tertiary/aromatic N) is 1. The molecule has 156 valence electrons. The van der Waals surface area contributed by atoms with Gasteiger partial charge in [0, 0.05) is 14.9 Å². The lowest BCUT2D eigenvalue weighted by Gasteiger charge is -2.05. The Morgan fingerprint density at radius 3 is 2.27 bits per heavy atom. The van der Waals surface area contributed by atoms with E-state index in [4.69, 9.17) is 9.47 Å².